The van der Waals surface area contributed by atoms with Crippen molar-refractivity contribution in [3.8, 4) is 0 Å². The number of nitrogens with one attached hydrogen (secondary N) is 1. The smallest absolute Gasteiger partial charge is 0.123 e. The second-order valence-corrected chi connectivity index (χ2v) is 6.02. The Hall–Kier alpha value is -2.08. The zero-order chi connectivity index (χ0) is 15.4. The van der Waals surface area contributed by atoms with Gasteiger partial charge in [-0.05, 0) is 37.9 Å². The molecule has 1 atom stereocenters. The molecular weight excluding hydrogens is 276 g/mol. The Morgan fingerprint density at radius 3 is 2.91 bits per heavy atom. The number of hydrogen-bond donors (Lipinski definition) is 2. The molecular formula is C16H24N6. The quantitative estimate of drug-likeness (QED) is 0.902. The minimum Gasteiger partial charge on any atom is -0.384 e. The average Bonchev–Trinajstić information content (AvgIpc) is 2.78. The van der Waals surface area contributed by atoms with E-state index in [9.17, 15) is 0 Å². The first-order valence-electron chi connectivity index (χ1n) is 7.86. The van der Waals surface area contributed by atoms with Crippen LogP contribution in [-0.2, 0) is 13.6 Å². The Morgan fingerprint density at radius 1 is 1.27 bits per heavy atom. The van der Waals surface area contributed by atoms with Gasteiger partial charge in [0.1, 0.15) is 5.82 Å². The van der Waals surface area contributed by atoms with Crippen molar-refractivity contribution < 1.29 is 0 Å². The lowest BCUT2D eigenvalue weighted by Crippen LogP contribution is -2.26. The molecule has 3 rings (SSSR count). The highest BCUT2D eigenvalue weighted by molar-refractivity contribution is 5.45. The summed E-state index contributed by atoms with van der Waals surface area (Å²) >= 11 is 0. The summed E-state index contributed by atoms with van der Waals surface area (Å²) in [4.78, 5) is 10.8. The third-order valence-electron chi connectivity index (χ3n) is 4.28. The molecule has 3 heterocycles. The van der Waals surface area contributed by atoms with Gasteiger partial charge in [0.2, 0.25) is 0 Å². The first kappa shape index (κ1) is 14.8. The molecule has 1 saturated heterocycles. The molecule has 6 nitrogen and oxygen atoms in total. The van der Waals surface area contributed by atoms with Gasteiger partial charge in [0.25, 0.3) is 0 Å². The van der Waals surface area contributed by atoms with Gasteiger partial charge in [0.15, 0.2) is 0 Å². The summed E-state index contributed by atoms with van der Waals surface area (Å²) in [5, 5.41) is 3.58. The molecule has 0 aliphatic carbocycles. The molecule has 1 aliphatic rings. The number of nitrogens with zero attached hydrogens (tertiary/aromatic N) is 4. The van der Waals surface area contributed by atoms with Crippen molar-refractivity contribution in [3.63, 3.8) is 0 Å². The first-order chi connectivity index (χ1) is 10.7. The van der Waals surface area contributed by atoms with Crippen molar-refractivity contribution in [1.82, 2.24) is 19.4 Å². The Morgan fingerprint density at radius 2 is 2.18 bits per heavy atom. The van der Waals surface area contributed by atoms with Gasteiger partial charge >= 0.3 is 0 Å². The van der Waals surface area contributed by atoms with Crippen LogP contribution in [-0.4, -0.2) is 38.6 Å². The van der Waals surface area contributed by atoms with E-state index in [2.05, 4.69) is 31.8 Å². The summed E-state index contributed by atoms with van der Waals surface area (Å²) in [7, 11) is 2.05. The molecule has 3 N–H and O–H groups in total. The van der Waals surface area contributed by atoms with Crippen LogP contribution in [0.3, 0.4) is 0 Å². The third-order valence-corrected chi connectivity index (χ3v) is 4.28. The van der Waals surface area contributed by atoms with Crippen molar-refractivity contribution >= 4 is 11.5 Å². The molecule has 1 fully saturated rings. The number of anilines is 2. The monoisotopic (exact) mass is 300 g/mol. The van der Waals surface area contributed by atoms with Crippen LogP contribution in [0.4, 0.5) is 11.5 Å². The molecule has 2 aromatic heterocycles. The molecule has 6 heteroatoms. The minimum atomic E-state index is 0.502. The number of imidazole rings is 1. The van der Waals surface area contributed by atoms with Crippen LogP contribution in [0.25, 0.3) is 0 Å². The fourth-order valence-electron chi connectivity index (χ4n) is 2.95. The van der Waals surface area contributed by atoms with Crippen LogP contribution in [0.2, 0.25) is 0 Å². The molecule has 0 saturated carbocycles. The summed E-state index contributed by atoms with van der Waals surface area (Å²) in [6.45, 7) is 3.22. The summed E-state index contributed by atoms with van der Waals surface area (Å²) in [5.74, 6) is 0.564. The van der Waals surface area contributed by atoms with E-state index in [1.807, 2.05) is 30.9 Å². The van der Waals surface area contributed by atoms with Crippen LogP contribution in [0.5, 0.6) is 0 Å². The fourth-order valence-corrected chi connectivity index (χ4v) is 2.95. The molecule has 118 valence electrons. The van der Waals surface area contributed by atoms with Crippen molar-refractivity contribution in [3.05, 3.63) is 36.5 Å². The maximum absolute atomic E-state index is 5.63. The SMILES string of the molecule is Cn1cncc1CN1CCC[C@H](Nc2ccc(N)nc2)CC1. The van der Waals surface area contributed by atoms with Crippen molar-refractivity contribution in [2.75, 3.05) is 24.1 Å². The van der Waals surface area contributed by atoms with Crippen LogP contribution in [0.1, 0.15) is 25.0 Å². The number of rotatable bonds is 4. The fraction of sp³-hybridized carbons (Fsp3) is 0.500. The van der Waals surface area contributed by atoms with Crippen LogP contribution >= 0.6 is 0 Å². The Balaban J connectivity index is 1.53. The lowest BCUT2D eigenvalue weighted by Gasteiger charge is -2.20. The van der Waals surface area contributed by atoms with E-state index < -0.39 is 0 Å². The Bertz CT molecular complexity index is 591. The second kappa shape index (κ2) is 6.79. The van der Waals surface area contributed by atoms with E-state index in [1.165, 1.54) is 18.5 Å². The number of aromatic nitrogens is 3. The molecule has 0 aromatic carbocycles. The predicted molar refractivity (Wildman–Crippen MR) is 88.4 cm³/mol. The highest BCUT2D eigenvalue weighted by atomic mass is 15.2. The standard InChI is InChI=1S/C16H24N6/c1-21-12-18-10-15(21)11-22-7-2-3-13(6-8-22)20-14-4-5-16(17)19-9-14/h4-5,9-10,12-13,20H,2-3,6-8,11H2,1H3,(H2,17,19)/t13-/m0/s1. The lowest BCUT2D eigenvalue weighted by molar-refractivity contribution is 0.270. The molecule has 0 radical (unpaired) electrons. The molecule has 1 aliphatic heterocycles. The van der Waals surface area contributed by atoms with Crippen LogP contribution in [0, 0.1) is 0 Å². The summed E-state index contributed by atoms with van der Waals surface area (Å²) in [5.41, 5.74) is 7.95. The molecule has 0 unspecified atom stereocenters. The first-order valence-corrected chi connectivity index (χ1v) is 7.86. The minimum absolute atomic E-state index is 0.502. The maximum Gasteiger partial charge on any atom is 0.123 e. The van der Waals surface area contributed by atoms with E-state index in [0.717, 1.165) is 31.7 Å². The predicted octanol–water partition coefficient (Wildman–Crippen LogP) is 1.86. The number of likely N-dealkylation sites (tertiary alicyclic amines) is 1. The summed E-state index contributed by atoms with van der Waals surface area (Å²) in [6.07, 6.45) is 9.17. The molecule has 0 amide bonds. The van der Waals surface area contributed by atoms with Gasteiger partial charge < -0.3 is 15.6 Å². The molecule has 0 spiro atoms. The van der Waals surface area contributed by atoms with Crippen molar-refractivity contribution in [2.45, 2.75) is 31.8 Å². The third kappa shape index (κ3) is 3.76. The lowest BCUT2D eigenvalue weighted by atomic mass is 10.1. The number of hydrogen-bond acceptors (Lipinski definition) is 5. The number of pyridine rings is 1. The van der Waals surface area contributed by atoms with Gasteiger partial charge in [-0.3, -0.25) is 4.90 Å². The highest BCUT2D eigenvalue weighted by Crippen LogP contribution is 2.18. The zero-order valence-electron chi connectivity index (χ0n) is 13.1. The topological polar surface area (TPSA) is 72.0 Å². The van der Waals surface area contributed by atoms with Crippen LogP contribution < -0.4 is 11.1 Å². The molecule has 22 heavy (non-hydrogen) atoms. The normalized spacial score (nSPS) is 19.8. The second-order valence-electron chi connectivity index (χ2n) is 6.02. The van der Waals surface area contributed by atoms with E-state index in [4.69, 9.17) is 5.73 Å². The Kier molecular flexibility index (Phi) is 4.58. The largest absolute Gasteiger partial charge is 0.384 e. The number of nitrogen functional groups attached to an aromatic ring is 1. The molecule has 0 bridgehead atoms. The number of aryl methyl sites for hydroxylation is 1. The molecule has 2 aromatic rings. The average molecular weight is 300 g/mol. The summed E-state index contributed by atoms with van der Waals surface area (Å²) in [6, 6.07) is 4.34. The van der Waals surface area contributed by atoms with E-state index in [1.54, 1.807) is 0 Å². The van der Waals surface area contributed by atoms with Gasteiger partial charge in [-0.1, -0.05) is 0 Å². The van der Waals surface area contributed by atoms with Crippen molar-refractivity contribution in [2.24, 2.45) is 7.05 Å². The Labute approximate surface area is 131 Å². The van der Waals surface area contributed by atoms with Gasteiger partial charge in [0.05, 0.1) is 23.9 Å². The van der Waals surface area contributed by atoms with E-state index in [0.29, 0.717) is 11.9 Å². The highest BCUT2D eigenvalue weighted by Gasteiger charge is 2.17. The zero-order valence-corrected chi connectivity index (χ0v) is 13.1. The van der Waals surface area contributed by atoms with Gasteiger partial charge in [-0.25, -0.2) is 9.97 Å². The van der Waals surface area contributed by atoms with Gasteiger partial charge in [0, 0.05) is 32.4 Å². The summed E-state index contributed by atoms with van der Waals surface area (Å²) < 4.78 is 2.10. The van der Waals surface area contributed by atoms with Gasteiger partial charge in [-0.15, -0.1) is 0 Å². The van der Waals surface area contributed by atoms with Crippen molar-refractivity contribution in [1.29, 1.82) is 0 Å². The van der Waals surface area contributed by atoms with E-state index >= 15 is 0 Å². The maximum atomic E-state index is 5.63. The van der Waals surface area contributed by atoms with E-state index in [-0.39, 0.29) is 0 Å². The number of nitrogens with two attached hydrogens (primary N) is 1. The van der Waals surface area contributed by atoms with Crippen LogP contribution in [0.15, 0.2) is 30.9 Å². The van der Waals surface area contributed by atoms with Gasteiger partial charge in [-0.2, -0.15) is 0 Å².